The van der Waals surface area contributed by atoms with Crippen molar-refractivity contribution in [2.24, 2.45) is 0 Å². The Labute approximate surface area is 209 Å². The Morgan fingerprint density at radius 1 is 1.00 bits per heavy atom. The van der Waals surface area contributed by atoms with E-state index < -0.39 is 22.5 Å². The number of halogens is 2. The molecule has 0 fully saturated rings. The summed E-state index contributed by atoms with van der Waals surface area (Å²) < 4.78 is 27.6. The summed E-state index contributed by atoms with van der Waals surface area (Å²) in [4.78, 5) is 12.7. The predicted octanol–water partition coefficient (Wildman–Crippen LogP) is 5.55. The summed E-state index contributed by atoms with van der Waals surface area (Å²) in [6, 6.07) is 20.7. The fraction of sp³-hybridized carbons (Fsp3) is 0.208. The van der Waals surface area contributed by atoms with Gasteiger partial charge in [-0.1, -0.05) is 71.2 Å². The van der Waals surface area contributed by atoms with Gasteiger partial charge in [0.05, 0.1) is 15.6 Å². The molecule has 0 aliphatic heterocycles. The molecule has 3 rings (SSSR count). The quantitative estimate of drug-likeness (QED) is 0.354. The number of hydrogen-bond acceptors (Lipinski definition) is 4. The Hall–Kier alpha value is -2.19. The Bertz CT molecular complexity index is 1190. The summed E-state index contributed by atoms with van der Waals surface area (Å²) in [5, 5.41) is 3.29. The third kappa shape index (κ3) is 7.14. The monoisotopic (exact) mass is 522 g/mol. The second-order valence-electron chi connectivity index (χ2n) is 7.31. The van der Waals surface area contributed by atoms with Gasteiger partial charge in [0.1, 0.15) is 6.54 Å². The topological polar surface area (TPSA) is 66.5 Å². The van der Waals surface area contributed by atoms with Crippen LogP contribution in [0.25, 0.3) is 0 Å². The van der Waals surface area contributed by atoms with Crippen LogP contribution in [-0.2, 0) is 20.6 Å². The fourth-order valence-corrected chi connectivity index (χ4v) is 5.73. The lowest BCUT2D eigenvalue weighted by molar-refractivity contribution is -0.119. The molecule has 0 bridgehead atoms. The van der Waals surface area contributed by atoms with E-state index in [1.54, 1.807) is 36.0 Å². The van der Waals surface area contributed by atoms with Gasteiger partial charge in [-0.2, -0.15) is 11.8 Å². The van der Waals surface area contributed by atoms with Crippen molar-refractivity contribution in [3.8, 4) is 0 Å². The molecule has 0 aliphatic rings. The van der Waals surface area contributed by atoms with Gasteiger partial charge in [-0.15, -0.1) is 0 Å². The van der Waals surface area contributed by atoms with Crippen LogP contribution in [0.1, 0.15) is 11.1 Å². The molecule has 0 heterocycles. The number of nitrogens with zero attached hydrogens (tertiary/aromatic N) is 1. The molecule has 0 unspecified atom stereocenters. The van der Waals surface area contributed by atoms with Crippen molar-refractivity contribution in [3.63, 3.8) is 0 Å². The molecule has 5 nitrogen and oxygen atoms in total. The number of aryl methyl sites for hydroxylation is 1. The van der Waals surface area contributed by atoms with Gasteiger partial charge in [-0.05, 0) is 42.8 Å². The normalized spacial score (nSPS) is 11.2. The lowest BCUT2D eigenvalue weighted by atomic mass is 10.2. The molecule has 0 radical (unpaired) electrons. The Morgan fingerprint density at radius 3 is 2.39 bits per heavy atom. The van der Waals surface area contributed by atoms with E-state index in [4.69, 9.17) is 23.2 Å². The molecule has 1 N–H and O–H groups in total. The highest BCUT2D eigenvalue weighted by Crippen LogP contribution is 2.32. The van der Waals surface area contributed by atoms with Gasteiger partial charge in [0.25, 0.3) is 10.0 Å². The average Bonchev–Trinajstić information content (AvgIpc) is 2.80. The molecule has 0 atom stereocenters. The lowest BCUT2D eigenvalue weighted by Gasteiger charge is -2.25. The van der Waals surface area contributed by atoms with Crippen LogP contribution in [0.5, 0.6) is 0 Å². The molecule has 3 aromatic carbocycles. The van der Waals surface area contributed by atoms with Crippen molar-refractivity contribution in [1.82, 2.24) is 5.32 Å². The van der Waals surface area contributed by atoms with Crippen LogP contribution >= 0.6 is 35.0 Å². The third-order valence-corrected chi connectivity index (χ3v) is 8.11. The van der Waals surface area contributed by atoms with E-state index >= 15 is 0 Å². The molecule has 0 spiro atoms. The van der Waals surface area contributed by atoms with Crippen molar-refractivity contribution in [3.05, 3.63) is 94.0 Å². The number of sulfonamides is 1. The van der Waals surface area contributed by atoms with E-state index in [0.717, 1.165) is 10.1 Å². The van der Waals surface area contributed by atoms with Crippen molar-refractivity contribution < 1.29 is 13.2 Å². The van der Waals surface area contributed by atoms with Crippen molar-refractivity contribution in [2.45, 2.75) is 17.6 Å². The van der Waals surface area contributed by atoms with Crippen LogP contribution in [0, 0.1) is 6.92 Å². The average molecular weight is 524 g/mol. The highest BCUT2D eigenvalue weighted by atomic mass is 35.5. The van der Waals surface area contributed by atoms with Crippen molar-refractivity contribution in [2.75, 3.05) is 23.1 Å². The maximum absolute atomic E-state index is 13.3. The Kier molecular flexibility index (Phi) is 9.09. The number of rotatable bonds is 10. The van der Waals surface area contributed by atoms with Crippen LogP contribution in [0.2, 0.25) is 10.0 Å². The zero-order chi connectivity index (χ0) is 23.8. The van der Waals surface area contributed by atoms with E-state index in [1.807, 2.05) is 6.92 Å². The van der Waals surface area contributed by atoms with Crippen LogP contribution in [0.15, 0.2) is 77.7 Å². The van der Waals surface area contributed by atoms with E-state index in [1.165, 1.54) is 35.4 Å². The van der Waals surface area contributed by atoms with Crippen molar-refractivity contribution >= 4 is 56.6 Å². The number of carbonyl (C=O) groups is 1. The lowest BCUT2D eigenvalue weighted by Crippen LogP contribution is -2.41. The second kappa shape index (κ2) is 11.8. The summed E-state index contributed by atoms with van der Waals surface area (Å²) in [5.74, 6) is 1.10. The number of anilines is 1. The first-order valence-corrected chi connectivity index (χ1v) is 13.6. The molecule has 33 heavy (non-hydrogen) atoms. The van der Waals surface area contributed by atoms with Gasteiger partial charge < -0.3 is 5.32 Å². The van der Waals surface area contributed by atoms with Crippen LogP contribution < -0.4 is 9.62 Å². The fourth-order valence-electron chi connectivity index (χ4n) is 3.02. The van der Waals surface area contributed by atoms with Crippen LogP contribution in [0.4, 0.5) is 5.69 Å². The first-order chi connectivity index (χ1) is 15.8. The number of nitrogens with one attached hydrogen (secondary N) is 1. The molecule has 0 saturated heterocycles. The van der Waals surface area contributed by atoms with Gasteiger partial charge >= 0.3 is 0 Å². The Morgan fingerprint density at radius 2 is 1.70 bits per heavy atom. The zero-order valence-corrected chi connectivity index (χ0v) is 21.1. The summed E-state index contributed by atoms with van der Waals surface area (Å²) in [7, 11) is -4.04. The molecule has 0 aliphatic carbocycles. The smallest absolute Gasteiger partial charge is 0.264 e. The summed E-state index contributed by atoms with van der Waals surface area (Å²) >= 11 is 14.1. The largest absolute Gasteiger partial charge is 0.354 e. The molecule has 0 aromatic heterocycles. The highest BCUT2D eigenvalue weighted by Gasteiger charge is 2.28. The van der Waals surface area contributed by atoms with E-state index in [9.17, 15) is 13.2 Å². The van der Waals surface area contributed by atoms with Gasteiger partial charge in [0, 0.05) is 23.1 Å². The molecular weight excluding hydrogens is 499 g/mol. The minimum atomic E-state index is -4.04. The zero-order valence-electron chi connectivity index (χ0n) is 18.0. The van der Waals surface area contributed by atoms with Gasteiger partial charge in [0.15, 0.2) is 0 Å². The maximum atomic E-state index is 13.3. The number of amides is 1. The third-order valence-electron chi connectivity index (χ3n) is 4.75. The number of hydrogen-bond donors (Lipinski definition) is 1. The van der Waals surface area contributed by atoms with Crippen LogP contribution in [0.3, 0.4) is 0 Å². The summed E-state index contributed by atoms with van der Waals surface area (Å²) in [6.45, 7) is 2.04. The Balaban J connectivity index is 1.66. The molecule has 1 amide bonds. The van der Waals surface area contributed by atoms with E-state index in [2.05, 4.69) is 29.6 Å². The molecule has 3 aromatic rings. The molecule has 0 saturated carbocycles. The number of benzene rings is 3. The minimum Gasteiger partial charge on any atom is -0.354 e. The molecule has 174 valence electrons. The van der Waals surface area contributed by atoms with E-state index in [-0.39, 0.29) is 15.6 Å². The number of thioether (sulfide) groups is 1. The van der Waals surface area contributed by atoms with Crippen LogP contribution in [-0.4, -0.2) is 33.2 Å². The standard InChI is InChI=1S/C24H24Cl2N2O3S2/c1-18-7-9-19(10-8-18)17-32-14-13-27-24(29)16-28(23-15-20(25)11-12-22(23)26)33(30,31)21-5-3-2-4-6-21/h2-12,15H,13-14,16-17H2,1H3,(H,27,29). The van der Waals surface area contributed by atoms with Gasteiger partial charge in [-0.3, -0.25) is 9.10 Å². The SMILES string of the molecule is Cc1ccc(CSCCNC(=O)CN(c2cc(Cl)ccc2Cl)S(=O)(=O)c2ccccc2)cc1. The van der Waals surface area contributed by atoms with Gasteiger partial charge in [0.2, 0.25) is 5.91 Å². The first-order valence-electron chi connectivity index (χ1n) is 10.2. The molecular formula is C24H24Cl2N2O3S2. The van der Waals surface area contributed by atoms with Crippen molar-refractivity contribution in [1.29, 1.82) is 0 Å². The van der Waals surface area contributed by atoms with Gasteiger partial charge in [-0.25, -0.2) is 8.42 Å². The predicted molar refractivity (Wildman–Crippen MR) is 138 cm³/mol. The highest BCUT2D eigenvalue weighted by molar-refractivity contribution is 7.98. The number of carbonyl (C=O) groups excluding carboxylic acids is 1. The molecule has 9 heteroatoms. The summed E-state index contributed by atoms with van der Waals surface area (Å²) in [5.41, 5.74) is 2.58. The first kappa shape index (κ1) is 25.4. The summed E-state index contributed by atoms with van der Waals surface area (Å²) in [6.07, 6.45) is 0. The second-order valence-corrected chi connectivity index (χ2v) is 11.1. The van der Waals surface area contributed by atoms with E-state index in [0.29, 0.717) is 17.3 Å². The minimum absolute atomic E-state index is 0.0579. The maximum Gasteiger partial charge on any atom is 0.264 e.